The van der Waals surface area contributed by atoms with Gasteiger partial charge in [0.15, 0.2) is 17.9 Å². The first-order valence-corrected chi connectivity index (χ1v) is 11.5. The molecule has 4 atom stereocenters. The van der Waals surface area contributed by atoms with E-state index in [-0.39, 0.29) is 11.5 Å². The molecule has 10 heteroatoms. The van der Waals surface area contributed by atoms with Crippen LogP contribution in [0.5, 0.6) is 0 Å². The van der Waals surface area contributed by atoms with Crippen molar-refractivity contribution in [3.8, 4) is 0 Å². The van der Waals surface area contributed by atoms with E-state index in [4.69, 9.17) is 32.6 Å². The van der Waals surface area contributed by atoms with Crippen LogP contribution >= 0.6 is 0 Å². The van der Waals surface area contributed by atoms with Crippen LogP contribution in [0.15, 0.2) is 29.2 Å². The summed E-state index contributed by atoms with van der Waals surface area (Å²) in [5, 5.41) is 0. The first-order chi connectivity index (χ1) is 14.4. The van der Waals surface area contributed by atoms with E-state index < -0.39 is 52.4 Å². The predicted octanol–water partition coefficient (Wildman–Crippen LogP) is 2.36. The molecule has 0 aromatic heterocycles. The number of rotatable bonds is 8. The molecule has 0 amide bonds. The fraction of sp³-hybridized carbons (Fsp3) is 0.714. The van der Waals surface area contributed by atoms with Gasteiger partial charge in [-0.05, 0) is 46.8 Å². The Morgan fingerprint density at radius 2 is 1.52 bits per heavy atom. The van der Waals surface area contributed by atoms with Crippen molar-refractivity contribution in [2.24, 2.45) is 0 Å². The highest BCUT2D eigenvalue weighted by Crippen LogP contribution is 2.38. The minimum Gasteiger partial charge on any atom is -0.353 e. The van der Waals surface area contributed by atoms with Crippen molar-refractivity contribution in [2.75, 3.05) is 20.8 Å². The zero-order valence-corrected chi connectivity index (χ0v) is 19.8. The average molecular weight is 461 g/mol. The number of ether oxygens (including phenoxy) is 6. The van der Waals surface area contributed by atoms with Crippen molar-refractivity contribution in [1.29, 1.82) is 0 Å². The maximum absolute atomic E-state index is 13.1. The maximum Gasteiger partial charge on any atom is 0.297 e. The molecule has 1 aromatic carbocycles. The SMILES string of the molecule is COC(OC)[C@@H]1OC(C)(C)O[C@@H]1[C@H](OS(=O)(=O)c1ccc(C)cc1)[C@@H]1COC(C)(C)O1. The second kappa shape index (κ2) is 9.03. The molecule has 9 nitrogen and oxygen atoms in total. The summed E-state index contributed by atoms with van der Waals surface area (Å²) in [4.78, 5) is 0.0334. The minimum absolute atomic E-state index is 0.0334. The van der Waals surface area contributed by atoms with Crippen LogP contribution in [0.25, 0.3) is 0 Å². The first kappa shape index (κ1) is 24.5. The van der Waals surface area contributed by atoms with Crippen molar-refractivity contribution in [2.45, 2.75) is 81.8 Å². The first-order valence-electron chi connectivity index (χ1n) is 10.1. The second-order valence-corrected chi connectivity index (χ2v) is 10.2. The van der Waals surface area contributed by atoms with Gasteiger partial charge < -0.3 is 28.4 Å². The molecule has 3 rings (SSSR count). The zero-order valence-electron chi connectivity index (χ0n) is 19.0. The summed E-state index contributed by atoms with van der Waals surface area (Å²) in [6.45, 7) is 8.95. The topological polar surface area (TPSA) is 98.8 Å². The van der Waals surface area contributed by atoms with Crippen molar-refractivity contribution >= 4 is 10.1 Å². The fourth-order valence-corrected chi connectivity index (χ4v) is 4.87. The van der Waals surface area contributed by atoms with Crippen LogP contribution in [0.2, 0.25) is 0 Å². The Bertz CT molecular complexity index is 846. The summed E-state index contributed by atoms with van der Waals surface area (Å²) >= 11 is 0. The zero-order chi connectivity index (χ0) is 23.0. The Morgan fingerprint density at radius 1 is 0.935 bits per heavy atom. The van der Waals surface area contributed by atoms with Crippen LogP contribution < -0.4 is 0 Å². The molecule has 0 saturated carbocycles. The number of methoxy groups -OCH3 is 2. The highest BCUT2D eigenvalue weighted by molar-refractivity contribution is 7.86. The fourth-order valence-electron chi connectivity index (χ4n) is 3.76. The lowest BCUT2D eigenvalue weighted by atomic mass is 10.0. The van der Waals surface area contributed by atoms with E-state index in [1.54, 1.807) is 39.8 Å². The van der Waals surface area contributed by atoms with Crippen LogP contribution in [-0.4, -0.2) is 71.5 Å². The minimum atomic E-state index is -4.14. The predicted molar refractivity (Wildman–Crippen MR) is 110 cm³/mol. The van der Waals surface area contributed by atoms with Crippen LogP contribution in [0.3, 0.4) is 0 Å². The smallest absolute Gasteiger partial charge is 0.297 e. The molecule has 2 saturated heterocycles. The lowest BCUT2D eigenvalue weighted by Gasteiger charge is -2.32. The molecule has 176 valence electrons. The molecule has 2 fully saturated rings. The van der Waals surface area contributed by atoms with Gasteiger partial charge in [0.05, 0.1) is 11.5 Å². The molecule has 0 spiro atoms. The van der Waals surface area contributed by atoms with Crippen molar-refractivity contribution < 1.29 is 41.0 Å². The van der Waals surface area contributed by atoms with Crippen molar-refractivity contribution in [3.63, 3.8) is 0 Å². The van der Waals surface area contributed by atoms with Gasteiger partial charge >= 0.3 is 0 Å². The van der Waals surface area contributed by atoms with E-state index in [0.29, 0.717) is 0 Å². The van der Waals surface area contributed by atoms with E-state index in [2.05, 4.69) is 0 Å². The molecule has 0 N–H and O–H groups in total. The van der Waals surface area contributed by atoms with E-state index in [9.17, 15) is 8.42 Å². The summed E-state index contributed by atoms with van der Waals surface area (Å²) in [6.07, 6.45) is -4.25. The number of benzene rings is 1. The molecule has 0 bridgehead atoms. The van der Waals surface area contributed by atoms with E-state index in [1.807, 2.05) is 6.92 Å². The Hall–Kier alpha value is -1.11. The highest BCUT2D eigenvalue weighted by atomic mass is 32.2. The van der Waals surface area contributed by atoms with Gasteiger partial charge in [0.25, 0.3) is 10.1 Å². The standard InChI is InChI=1S/C21H32O9S/c1-13-8-10-14(11-9-13)31(22,23)30-16(15-12-26-20(2,3)27-15)17-18(19(24-6)25-7)29-21(4,5)28-17/h8-11,15-19H,12H2,1-7H3/t15-,16+,17+,18+/m0/s1. The molecule has 0 radical (unpaired) electrons. The summed E-state index contributed by atoms with van der Waals surface area (Å²) in [7, 11) is -1.20. The van der Waals surface area contributed by atoms with Gasteiger partial charge in [0.2, 0.25) is 0 Å². The van der Waals surface area contributed by atoms with Crippen LogP contribution in [0.4, 0.5) is 0 Å². The number of hydrogen-bond donors (Lipinski definition) is 0. The Labute approximate surface area is 184 Å². The second-order valence-electron chi connectivity index (χ2n) is 8.60. The monoisotopic (exact) mass is 460 g/mol. The van der Waals surface area contributed by atoms with E-state index in [0.717, 1.165) is 5.56 Å². The molecular formula is C21H32O9S. The molecule has 2 heterocycles. The lowest BCUT2D eigenvalue weighted by molar-refractivity contribution is -0.202. The van der Waals surface area contributed by atoms with Crippen LogP contribution in [-0.2, 0) is 42.7 Å². The third-order valence-corrected chi connectivity index (χ3v) is 6.49. The summed E-state index contributed by atoms with van der Waals surface area (Å²) in [5.41, 5.74) is 0.933. The largest absolute Gasteiger partial charge is 0.353 e. The number of aryl methyl sites for hydroxylation is 1. The summed E-state index contributed by atoms with van der Waals surface area (Å²) in [5.74, 6) is -1.92. The molecule has 2 aliphatic rings. The normalized spacial score (nSPS) is 28.8. The lowest BCUT2D eigenvalue weighted by Crippen LogP contribution is -2.51. The molecule has 0 aliphatic carbocycles. The van der Waals surface area contributed by atoms with Crippen molar-refractivity contribution in [1.82, 2.24) is 0 Å². The van der Waals surface area contributed by atoms with Gasteiger partial charge in [-0.3, -0.25) is 4.18 Å². The third-order valence-electron chi connectivity index (χ3n) is 5.16. The van der Waals surface area contributed by atoms with Crippen LogP contribution in [0, 0.1) is 6.92 Å². The van der Waals surface area contributed by atoms with Gasteiger partial charge in [0.1, 0.15) is 24.4 Å². The van der Waals surface area contributed by atoms with Gasteiger partial charge in [-0.25, -0.2) is 0 Å². The third kappa shape index (κ3) is 5.63. The quantitative estimate of drug-likeness (QED) is 0.428. The van der Waals surface area contributed by atoms with Gasteiger partial charge in [-0.1, -0.05) is 17.7 Å². The van der Waals surface area contributed by atoms with Gasteiger partial charge in [-0.2, -0.15) is 8.42 Å². The maximum atomic E-state index is 13.1. The summed E-state index contributed by atoms with van der Waals surface area (Å²) < 4.78 is 66.5. The van der Waals surface area contributed by atoms with Crippen molar-refractivity contribution in [3.05, 3.63) is 29.8 Å². The van der Waals surface area contributed by atoms with E-state index >= 15 is 0 Å². The van der Waals surface area contributed by atoms with Gasteiger partial charge in [0, 0.05) is 14.2 Å². The molecule has 0 unspecified atom stereocenters. The molecule has 2 aliphatic heterocycles. The molecule has 31 heavy (non-hydrogen) atoms. The Balaban J connectivity index is 1.97. The number of hydrogen-bond acceptors (Lipinski definition) is 9. The Kier molecular flexibility index (Phi) is 7.14. The van der Waals surface area contributed by atoms with Gasteiger partial charge in [-0.15, -0.1) is 0 Å². The summed E-state index contributed by atoms with van der Waals surface area (Å²) in [6, 6.07) is 6.41. The molecule has 1 aromatic rings. The average Bonchev–Trinajstić information content (AvgIpc) is 3.20. The molecular weight excluding hydrogens is 428 g/mol. The van der Waals surface area contributed by atoms with E-state index in [1.165, 1.54) is 26.4 Å². The van der Waals surface area contributed by atoms with Crippen LogP contribution in [0.1, 0.15) is 33.3 Å². The Morgan fingerprint density at radius 3 is 2.03 bits per heavy atom. The highest BCUT2D eigenvalue weighted by Gasteiger charge is 2.55.